The highest BCUT2D eigenvalue weighted by Crippen LogP contribution is 2.10. The first-order valence-corrected chi connectivity index (χ1v) is 5.67. The van der Waals surface area contributed by atoms with E-state index in [0.29, 0.717) is 6.61 Å². The third-order valence-corrected chi connectivity index (χ3v) is 2.53. The molecule has 0 aliphatic heterocycles. The standard InChI is InChI=1S/C14H16N2O/c1-12(14-8-5-9-15-10-14)16-17-11-13-6-3-2-4-7-13/h2-10,12,16H,11H2,1H3. The maximum absolute atomic E-state index is 5.46. The molecule has 1 heterocycles. The quantitative estimate of drug-likeness (QED) is 0.799. The van der Waals surface area contributed by atoms with Gasteiger partial charge in [0.2, 0.25) is 0 Å². The molecule has 17 heavy (non-hydrogen) atoms. The SMILES string of the molecule is CC(NOCc1ccccc1)c1cccnc1. The molecule has 3 heteroatoms. The monoisotopic (exact) mass is 228 g/mol. The van der Waals surface area contributed by atoms with Crippen molar-refractivity contribution in [3.8, 4) is 0 Å². The van der Waals surface area contributed by atoms with Crippen LogP contribution in [0.15, 0.2) is 54.9 Å². The minimum absolute atomic E-state index is 0.132. The van der Waals surface area contributed by atoms with Crippen LogP contribution in [-0.4, -0.2) is 4.98 Å². The molecule has 0 spiro atoms. The zero-order valence-electron chi connectivity index (χ0n) is 9.84. The van der Waals surface area contributed by atoms with Crippen LogP contribution in [-0.2, 0) is 11.4 Å². The number of hydrogen-bond donors (Lipinski definition) is 1. The average Bonchev–Trinajstić information content (AvgIpc) is 2.41. The second kappa shape index (κ2) is 6.13. The Hall–Kier alpha value is -1.71. The van der Waals surface area contributed by atoms with Crippen LogP contribution in [0.2, 0.25) is 0 Å². The lowest BCUT2D eigenvalue weighted by Crippen LogP contribution is -2.19. The molecule has 0 bridgehead atoms. The molecule has 1 N–H and O–H groups in total. The molecule has 2 aromatic rings. The number of nitrogens with one attached hydrogen (secondary N) is 1. The number of aromatic nitrogens is 1. The van der Waals surface area contributed by atoms with Crippen LogP contribution >= 0.6 is 0 Å². The third-order valence-electron chi connectivity index (χ3n) is 2.53. The van der Waals surface area contributed by atoms with E-state index in [1.807, 2.05) is 55.6 Å². The summed E-state index contributed by atoms with van der Waals surface area (Å²) in [5, 5.41) is 0. The van der Waals surface area contributed by atoms with E-state index in [1.165, 1.54) is 0 Å². The number of benzene rings is 1. The van der Waals surface area contributed by atoms with Crippen LogP contribution in [0.25, 0.3) is 0 Å². The lowest BCUT2D eigenvalue weighted by Gasteiger charge is -2.13. The van der Waals surface area contributed by atoms with Crippen molar-refractivity contribution in [3.63, 3.8) is 0 Å². The van der Waals surface area contributed by atoms with Gasteiger partial charge in [-0.2, -0.15) is 5.48 Å². The smallest absolute Gasteiger partial charge is 0.0933 e. The van der Waals surface area contributed by atoms with Crippen LogP contribution in [0.3, 0.4) is 0 Å². The minimum Gasteiger partial charge on any atom is -0.296 e. The summed E-state index contributed by atoms with van der Waals surface area (Å²) in [6.07, 6.45) is 3.60. The lowest BCUT2D eigenvalue weighted by molar-refractivity contribution is 0.00692. The van der Waals surface area contributed by atoms with Gasteiger partial charge < -0.3 is 0 Å². The molecule has 0 fully saturated rings. The molecule has 0 radical (unpaired) electrons. The summed E-state index contributed by atoms with van der Waals surface area (Å²) in [6, 6.07) is 14.2. The molecule has 1 unspecified atom stereocenters. The van der Waals surface area contributed by atoms with Crippen LogP contribution in [0.5, 0.6) is 0 Å². The second-order valence-corrected chi connectivity index (χ2v) is 3.90. The van der Waals surface area contributed by atoms with Gasteiger partial charge in [0.25, 0.3) is 0 Å². The van der Waals surface area contributed by atoms with E-state index in [2.05, 4.69) is 10.5 Å². The molecule has 1 atom stereocenters. The van der Waals surface area contributed by atoms with Crippen molar-refractivity contribution in [2.24, 2.45) is 0 Å². The molecule has 0 saturated heterocycles. The van der Waals surface area contributed by atoms with Crippen molar-refractivity contribution in [2.45, 2.75) is 19.6 Å². The maximum Gasteiger partial charge on any atom is 0.0933 e. The molecule has 1 aromatic carbocycles. The molecule has 1 aromatic heterocycles. The fourth-order valence-corrected chi connectivity index (χ4v) is 1.52. The molecular weight excluding hydrogens is 212 g/mol. The van der Waals surface area contributed by atoms with Gasteiger partial charge in [-0.15, -0.1) is 0 Å². The summed E-state index contributed by atoms with van der Waals surface area (Å²) >= 11 is 0. The van der Waals surface area contributed by atoms with Gasteiger partial charge in [0, 0.05) is 12.4 Å². The van der Waals surface area contributed by atoms with Crippen molar-refractivity contribution in [3.05, 3.63) is 66.0 Å². The Balaban J connectivity index is 1.79. The zero-order chi connectivity index (χ0) is 11.9. The van der Waals surface area contributed by atoms with Crippen molar-refractivity contribution in [2.75, 3.05) is 0 Å². The van der Waals surface area contributed by atoms with Crippen molar-refractivity contribution in [1.29, 1.82) is 0 Å². The van der Waals surface area contributed by atoms with E-state index >= 15 is 0 Å². The number of pyridine rings is 1. The van der Waals surface area contributed by atoms with Crippen molar-refractivity contribution in [1.82, 2.24) is 10.5 Å². The molecule has 0 amide bonds. The number of nitrogens with zero attached hydrogens (tertiary/aromatic N) is 1. The van der Waals surface area contributed by atoms with Gasteiger partial charge in [-0.05, 0) is 24.1 Å². The molecule has 0 saturated carbocycles. The van der Waals surface area contributed by atoms with E-state index in [-0.39, 0.29) is 6.04 Å². The van der Waals surface area contributed by atoms with Crippen molar-refractivity contribution >= 4 is 0 Å². The molecule has 0 aliphatic carbocycles. The van der Waals surface area contributed by atoms with Crippen molar-refractivity contribution < 1.29 is 4.84 Å². The van der Waals surface area contributed by atoms with Gasteiger partial charge >= 0.3 is 0 Å². The van der Waals surface area contributed by atoms with E-state index < -0.39 is 0 Å². The highest BCUT2D eigenvalue weighted by Gasteiger charge is 2.04. The molecule has 0 aliphatic rings. The van der Waals surface area contributed by atoms with Gasteiger partial charge in [0.1, 0.15) is 0 Å². The van der Waals surface area contributed by atoms with Crippen LogP contribution in [0.1, 0.15) is 24.1 Å². The second-order valence-electron chi connectivity index (χ2n) is 3.90. The molecule has 3 nitrogen and oxygen atoms in total. The van der Waals surface area contributed by atoms with Crippen LogP contribution in [0.4, 0.5) is 0 Å². The topological polar surface area (TPSA) is 34.1 Å². The molecule has 88 valence electrons. The Morgan fingerprint density at radius 3 is 2.71 bits per heavy atom. The molecule has 2 rings (SSSR count). The maximum atomic E-state index is 5.46. The number of hydroxylamine groups is 1. The van der Waals surface area contributed by atoms with Crippen LogP contribution in [0, 0.1) is 0 Å². The lowest BCUT2D eigenvalue weighted by atomic mass is 10.2. The Morgan fingerprint density at radius 2 is 2.00 bits per heavy atom. The Bertz CT molecular complexity index is 430. The van der Waals surface area contributed by atoms with E-state index in [0.717, 1.165) is 11.1 Å². The van der Waals surface area contributed by atoms with Gasteiger partial charge in [-0.1, -0.05) is 36.4 Å². The predicted molar refractivity (Wildman–Crippen MR) is 67.0 cm³/mol. The Morgan fingerprint density at radius 1 is 1.18 bits per heavy atom. The summed E-state index contributed by atoms with van der Waals surface area (Å²) in [4.78, 5) is 9.53. The Kier molecular flexibility index (Phi) is 4.24. The summed E-state index contributed by atoms with van der Waals surface area (Å²) in [5.41, 5.74) is 5.27. The summed E-state index contributed by atoms with van der Waals surface area (Å²) < 4.78 is 0. The zero-order valence-corrected chi connectivity index (χ0v) is 9.84. The third kappa shape index (κ3) is 3.66. The Labute approximate surface area is 101 Å². The van der Waals surface area contributed by atoms with E-state index in [9.17, 15) is 0 Å². The largest absolute Gasteiger partial charge is 0.296 e. The fraction of sp³-hybridized carbons (Fsp3) is 0.214. The van der Waals surface area contributed by atoms with Gasteiger partial charge in [0.15, 0.2) is 0 Å². The first kappa shape index (κ1) is 11.8. The highest BCUT2D eigenvalue weighted by atomic mass is 16.6. The summed E-state index contributed by atoms with van der Waals surface area (Å²) in [7, 11) is 0. The number of hydrogen-bond acceptors (Lipinski definition) is 3. The minimum atomic E-state index is 0.132. The van der Waals surface area contributed by atoms with E-state index in [1.54, 1.807) is 6.20 Å². The normalized spacial score (nSPS) is 12.3. The first-order valence-electron chi connectivity index (χ1n) is 5.67. The highest BCUT2D eigenvalue weighted by molar-refractivity contribution is 5.14. The van der Waals surface area contributed by atoms with E-state index in [4.69, 9.17) is 4.84 Å². The van der Waals surface area contributed by atoms with Gasteiger partial charge in [-0.3, -0.25) is 9.82 Å². The first-order chi connectivity index (χ1) is 8.36. The average molecular weight is 228 g/mol. The van der Waals surface area contributed by atoms with Crippen LogP contribution < -0.4 is 5.48 Å². The molecular formula is C14H16N2O. The summed E-state index contributed by atoms with van der Waals surface area (Å²) in [6.45, 7) is 2.60. The van der Waals surface area contributed by atoms with Gasteiger partial charge in [-0.25, -0.2) is 0 Å². The van der Waals surface area contributed by atoms with Gasteiger partial charge in [0.05, 0.1) is 12.6 Å². The fourth-order valence-electron chi connectivity index (χ4n) is 1.52. The number of rotatable bonds is 5. The summed E-state index contributed by atoms with van der Waals surface area (Å²) in [5.74, 6) is 0. The predicted octanol–water partition coefficient (Wildman–Crippen LogP) is 2.86.